The Morgan fingerprint density at radius 2 is 2.25 bits per heavy atom. The summed E-state index contributed by atoms with van der Waals surface area (Å²) < 4.78 is 0.0708. The van der Waals surface area contributed by atoms with Gasteiger partial charge in [-0.05, 0) is 44.4 Å². The van der Waals surface area contributed by atoms with Gasteiger partial charge in [-0.1, -0.05) is 6.07 Å². The molecule has 0 aromatic heterocycles. The standard InChI is InChI=1S/C16H21N3S/c1-11-3-6-14-13(9-11)19(12-4-5-12)10-16(2,20-14)15-17-7-8-18-15/h3,6,9,12H,4-5,7-8,10H2,1-2H3,(H,17,18). The van der Waals surface area contributed by atoms with E-state index in [0.717, 1.165) is 25.7 Å². The number of benzene rings is 1. The zero-order valence-corrected chi connectivity index (χ0v) is 13.0. The Morgan fingerprint density at radius 1 is 1.40 bits per heavy atom. The minimum atomic E-state index is 0.0708. The van der Waals surface area contributed by atoms with Crippen LogP contribution in [0, 0.1) is 6.92 Å². The van der Waals surface area contributed by atoms with Crippen LogP contribution in [0.4, 0.5) is 5.69 Å². The highest BCUT2D eigenvalue weighted by Gasteiger charge is 2.44. The first kappa shape index (κ1) is 12.6. The fraction of sp³-hybridized carbons (Fsp3) is 0.562. The van der Waals surface area contributed by atoms with Crippen LogP contribution in [0.5, 0.6) is 0 Å². The van der Waals surface area contributed by atoms with Crippen LogP contribution in [0.25, 0.3) is 0 Å². The van der Waals surface area contributed by atoms with E-state index in [1.165, 1.54) is 34.8 Å². The topological polar surface area (TPSA) is 27.6 Å². The molecule has 1 unspecified atom stereocenters. The number of aliphatic imine (C=N–C) groups is 1. The van der Waals surface area contributed by atoms with Crippen molar-refractivity contribution in [1.29, 1.82) is 0 Å². The maximum absolute atomic E-state index is 4.69. The summed E-state index contributed by atoms with van der Waals surface area (Å²) in [6.45, 7) is 7.52. The molecule has 0 amide bonds. The normalized spacial score (nSPS) is 28.9. The lowest BCUT2D eigenvalue weighted by molar-refractivity contribution is 0.691. The Kier molecular flexibility index (Phi) is 2.78. The molecule has 3 aliphatic rings. The second-order valence-electron chi connectivity index (χ2n) is 6.32. The fourth-order valence-corrected chi connectivity index (χ4v) is 4.55. The number of fused-ring (bicyclic) bond motifs is 1. The van der Waals surface area contributed by atoms with Crippen molar-refractivity contribution in [1.82, 2.24) is 5.32 Å². The Morgan fingerprint density at radius 3 is 2.95 bits per heavy atom. The molecule has 1 atom stereocenters. The molecule has 1 aliphatic carbocycles. The highest BCUT2D eigenvalue weighted by atomic mass is 32.2. The lowest BCUT2D eigenvalue weighted by atomic mass is 10.1. The smallest absolute Gasteiger partial charge is 0.115 e. The van der Waals surface area contributed by atoms with E-state index in [9.17, 15) is 0 Å². The van der Waals surface area contributed by atoms with Crippen LogP contribution in [0.2, 0.25) is 0 Å². The molecular formula is C16H21N3S. The number of rotatable bonds is 2. The summed E-state index contributed by atoms with van der Waals surface area (Å²) in [5, 5.41) is 3.49. The fourth-order valence-electron chi connectivity index (χ4n) is 3.21. The first-order valence-electron chi connectivity index (χ1n) is 7.51. The van der Waals surface area contributed by atoms with Gasteiger partial charge < -0.3 is 10.2 Å². The zero-order valence-electron chi connectivity index (χ0n) is 12.1. The van der Waals surface area contributed by atoms with Crippen molar-refractivity contribution >= 4 is 23.3 Å². The predicted molar refractivity (Wildman–Crippen MR) is 86.1 cm³/mol. The molecule has 0 saturated heterocycles. The molecule has 4 heteroatoms. The van der Waals surface area contributed by atoms with Gasteiger partial charge in [0.05, 0.1) is 17.0 Å². The number of anilines is 1. The molecule has 20 heavy (non-hydrogen) atoms. The number of aryl methyl sites for hydroxylation is 1. The van der Waals surface area contributed by atoms with Crippen LogP contribution in [0.1, 0.15) is 25.3 Å². The highest BCUT2D eigenvalue weighted by Crippen LogP contribution is 2.48. The number of nitrogens with zero attached hydrogens (tertiary/aromatic N) is 2. The number of nitrogens with one attached hydrogen (secondary N) is 1. The van der Waals surface area contributed by atoms with E-state index in [1.54, 1.807) is 0 Å². The molecule has 2 heterocycles. The summed E-state index contributed by atoms with van der Waals surface area (Å²) in [7, 11) is 0. The summed E-state index contributed by atoms with van der Waals surface area (Å²) in [6.07, 6.45) is 2.68. The number of amidine groups is 1. The van der Waals surface area contributed by atoms with Gasteiger partial charge in [0.15, 0.2) is 0 Å². The minimum absolute atomic E-state index is 0.0708. The van der Waals surface area contributed by atoms with Crippen LogP contribution < -0.4 is 10.2 Å². The second kappa shape index (κ2) is 4.42. The number of hydrogen-bond donors (Lipinski definition) is 1. The van der Waals surface area contributed by atoms with Gasteiger partial charge in [-0.3, -0.25) is 4.99 Å². The van der Waals surface area contributed by atoms with Gasteiger partial charge in [0.1, 0.15) is 5.84 Å². The minimum Gasteiger partial charge on any atom is -0.371 e. The Hall–Kier alpha value is -1.16. The average molecular weight is 287 g/mol. The van der Waals surface area contributed by atoms with Gasteiger partial charge in [-0.15, -0.1) is 11.8 Å². The van der Waals surface area contributed by atoms with Crippen LogP contribution in [-0.2, 0) is 0 Å². The van der Waals surface area contributed by atoms with Crippen molar-refractivity contribution in [3.8, 4) is 0 Å². The van der Waals surface area contributed by atoms with Crippen LogP contribution >= 0.6 is 11.8 Å². The predicted octanol–water partition coefficient (Wildman–Crippen LogP) is 2.83. The van der Waals surface area contributed by atoms with Gasteiger partial charge in [-0.2, -0.15) is 0 Å². The molecule has 0 bridgehead atoms. The van der Waals surface area contributed by atoms with E-state index in [2.05, 4.69) is 42.3 Å². The largest absolute Gasteiger partial charge is 0.371 e. The maximum Gasteiger partial charge on any atom is 0.115 e. The molecule has 106 valence electrons. The number of thioether (sulfide) groups is 1. The average Bonchev–Trinajstić information content (AvgIpc) is 3.12. The SMILES string of the molecule is Cc1ccc2c(c1)N(C1CC1)CC(C)(C1=NCCN1)S2. The maximum atomic E-state index is 4.69. The van der Waals surface area contributed by atoms with Gasteiger partial charge in [-0.25, -0.2) is 0 Å². The van der Waals surface area contributed by atoms with Crippen molar-refractivity contribution in [3.63, 3.8) is 0 Å². The second-order valence-corrected chi connectivity index (χ2v) is 7.87. The van der Waals surface area contributed by atoms with E-state index in [-0.39, 0.29) is 4.75 Å². The third-order valence-corrected chi connectivity index (χ3v) is 5.73. The molecule has 0 radical (unpaired) electrons. The van der Waals surface area contributed by atoms with Gasteiger partial charge in [0.2, 0.25) is 0 Å². The Bertz CT molecular complexity index is 579. The molecule has 0 spiro atoms. The van der Waals surface area contributed by atoms with Crippen LogP contribution in [0.15, 0.2) is 28.1 Å². The lowest BCUT2D eigenvalue weighted by Crippen LogP contribution is -2.51. The van der Waals surface area contributed by atoms with Gasteiger partial charge in [0, 0.05) is 24.0 Å². The molecule has 1 saturated carbocycles. The summed E-state index contributed by atoms with van der Waals surface area (Å²) in [5.74, 6) is 1.19. The first-order valence-corrected chi connectivity index (χ1v) is 8.32. The lowest BCUT2D eigenvalue weighted by Gasteiger charge is -2.42. The highest BCUT2D eigenvalue weighted by molar-refractivity contribution is 8.01. The van der Waals surface area contributed by atoms with E-state index < -0.39 is 0 Å². The third kappa shape index (κ3) is 2.01. The molecule has 1 N–H and O–H groups in total. The quantitative estimate of drug-likeness (QED) is 0.906. The molecule has 1 aromatic rings. The van der Waals surface area contributed by atoms with Gasteiger partial charge in [0.25, 0.3) is 0 Å². The van der Waals surface area contributed by atoms with Crippen molar-refractivity contribution < 1.29 is 0 Å². The molecule has 4 rings (SSSR count). The van der Waals surface area contributed by atoms with Crippen molar-refractivity contribution in [2.45, 2.75) is 42.4 Å². The summed E-state index contributed by atoms with van der Waals surface area (Å²) in [4.78, 5) is 8.73. The molecule has 3 nitrogen and oxygen atoms in total. The molecule has 1 aromatic carbocycles. The van der Waals surface area contributed by atoms with Crippen LogP contribution in [0.3, 0.4) is 0 Å². The third-order valence-electron chi connectivity index (χ3n) is 4.39. The van der Waals surface area contributed by atoms with E-state index in [1.807, 2.05) is 11.8 Å². The van der Waals surface area contributed by atoms with Crippen molar-refractivity contribution in [2.24, 2.45) is 4.99 Å². The zero-order chi connectivity index (χ0) is 13.7. The van der Waals surface area contributed by atoms with E-state index >= 15 is 0 Å². The first-order chi connectivity index (χ1) is 9.66. The van der Waals surface area contributed by atoms with Crippen LogP contribution in [-0.4, -0.2) is 36.3 Å². The van der Waals surface area contributed by atoms with Gasteiger partial charge >= 0.3 is 0 Å². The monoisotopic (exact) mass is 287 g/mol. The molecular weight excluding hydrogens is 266 g/mol. The van der Waals surface area contributed by atoms with Crippen molar-refractivity contribution in [3.05, 3.63) is 23.8 Å². The Balaban J connectivity index is 1.75. The summed E-state index contributed by atoms with van der Waals surface area (Å²) >= 11 is 1.98. The summed E-state index contributed by atoms with van der Waals surface area (Å²) in [5.41, 5.74) is 2.79. The van der Waals surface area contributed by atoms with Crippen molar-refractivity contribution in [2.75, 3.05) is 24.5 Å². The molecule has 2 aliphatic heterocycles. The molecule has 1 fully saturated rings. The van der Waals surface area contributed by atoms with E-state index in [0.29, 0.717) is 0 Å². The Labute approximate surface area is 124 Å². The number of hydrogen-bond acceptors (Lipinski definition) is 4. The van der Waals surface area contributed by atoms with E-state index in [4.69, 9.17) is 4.99 Å². The summed E-state index contributed by atoms with van der Waals surface area (Å²) in [6, 6.07) is 7.62.